The van der Waals surface area contributed by atoms with Gasteiger partial charge in [0, 0.05) is 32.7 Å². The predicted molar refractivity (Wildman–Crippen MR) is 261 cm³/mol. The van der Waals surface area contributed by atoms with Crippen LogP contribution in [0.1, 0.15) is 202 Å². The molecule has 364 valence electrons. The fourth-order valence-corrected chi connectivity index (χ4v) is 13.3. The van der Waals surface area contributed by atoms with E-state index in [4.69, 9.17) is 23.7 Å². The third kappa shape index (κ3) is 17.1. The Bertz CT molecular complexity index is 1310. The summed E-state index contributed by atoms with van der Waals surface area (Å²) in [5.74, 6) is 4.79. The molecule has 4 aliphatic carbocycles. The summed E-state index contributed by atoms with van der Waals surface area (Å²) in [5, 5.41) is 0. The van der Waals surface area contributed by atoms with E-state index in [9.17, 15) is 4.79 Å². The first kappa shape index (κ1) is 52.7. The van der Waals surface area contributed by atoms with Crippen LogP contribution in [0.5, 0.6) is 0 Å². The molecule has 7 heteroatoms. The van der Waals surface area contributed by atoms with E-state index in [0.29, 0.717) is 25.2 Å². The van der Waals surface area contributed by atoms with Crippen LogP contribution in [0.25, 0.3) is 0 Å². The van der Waals surface area contributed by atoms with Gasteiger partial charge in [-0.05, 0) is 123 Å². The Morgan fingerprint density at radius 3 is 2.24 bits per heavy atom. The lowest BCUT2D eigenvalue weighted by atomic mass is 9.47. The molecule has 0 bridgehead atoms. The molecule has 0 N–H and O–H groups in total. The standard InChI is InChI=1S/C56H99NO6/c1-7-8-9-10-11-12-13-14-15-16-17-18-19-20-21-22-36-60-43-49(42-57-34-37-59-38-35-57)62-40-39-61-44-54(58)63-48-30-32-55(5)47(41-48)26-27-50-52-29-28-51(46(4)25-23-24-45(2)3)56(52,6)33-31-53(50)55/h14-15,26,45-46,48-53H,7-13,16-25,27-44H2,1-6H3/b15-14-/t46-,48+,49?,50+,51?,52?,53-,55+,56-/m1/s1. The van der Waals surface area contributed by atoms with E-state index in [0.717, 1.165) is 101 Å². The maximum atomic E-state index is 13.0. The van der Waals surface area contributed by atoms with Crippen molar-refractivity contribution in [2.75, 3.05) is 65.9 Å². The number of fused-ring (bicyclic) bond motifs is 5. The fraction of sp³-hybridized carbons (Fsp3) is 0.911. The van der Waals surface area contributed by atoms with Crippen LogP contribution in [0.4, 0.5) is 0 Å². The number of hydrogen-bond donors (Lipinski definition) is 0. The molecule has 4 fully saturated rings. The van der Waals surface area contributed by atoms with Gasteiger partial charge in [0.05, 0.1) is 39.1 Å². The summed E-state index contributed by atoms with van der Waals surface area (Å²) in [7, 11) is 0. The molecule has 0 aromatic rings. The van der Waals surface area contributed by atoms with Crippen LogP contribution >= 0.6 is 0 Å². The van der Waals surface area contributed by atoms with Gasteiger partial charge in [-0.1, -0.05) is 142 Å². The van der Waals surface area contributed by atoms with E-state index in [1.54, 1.807) is 5.57 Å². The molecule has 0 aromatic carbocycles. The van der Waals surface area contributed by atoms with Crippen molar-refractivity contribution >= 4 is 5.97 Å². The summed E-state index contributed by atoms with van der Waals surface area (Å²) in [5.41, 5.74) is 2.34. The number of ether oxygens (including phenoxy) is 5. The zero-order valence-electron chi connectivity index (χ0n) is 42.0. The molecule has 63 heavy (non-hydrogen) atoms. The van der Waals surface area contributed by atoms with Gasteiger partial charge in [0.2, 0.25) is 0 Å². The molecule has 5 aliphatic rings. The molecule has 0 radical (unpaired) electrons. The van der Waals surface area contributed by atoms with Gasteiger partial charge in [0.15, 0.2) is 0 Å². The molecular weight excluding hydrogens is 783 g/mol. The summed E-state index contributed by atoms with van der Waals surface area (Å²) >= 11 is 0. The Hall–Kier alpha value is -1.25. The Morgan fingerprint density at radius 1 is 0.794 bits per heavy atom. The first-order valence-corrected chi connectivity index (χ1v) is 27.2. The van der Waals surface area contributed by atoms with Crippen molar-refractivity contribution in [1.29, 1.82) is 0 Å². The number of unbranched alkanes of at least 4 members (excludes halogenated alkanes) is 12. The fourth-order valence-electron chi connectivity index (χ4n) is 13.3. The molecule has 0 aromatic heterocycles. The van der Waals surface area contributed by atoms with Gasteiger partial charge in [-0.25, -0.2) is 4.79 Å². The zero-order chi connectivity index (χ0) is 44.8. The third-order valence-electron chi connectivity index (χ3n) is 17.0. The van der Waals surface area contributed by atoms with Crippen LogP contribution in [0.2, 0.25) is 0 Å². The topological polar surface area (TPSA) is 66.5 Å². The largest absolute Gasteiger partial charge is 0.460 e. The van der Waals surface area contributed by atoms with E-state index < -0.39 is 0 Å². The minimum Gasteiger partial charge on any atom is -0.460 e. The van der Waals surface area contributed by atoms with Gasteiger partial charge in [-0.2, -0.15) is 0 Å². The Balaban J connectivity index is 0.928. The molecule has 1 saturated heterocycles. The molecule has 3 saturated carbocycles. The van der Waals surface area contributed by atoms with Crippen molar-refractivity contribution in [3.05, 3.63) is 23.8 Å². The highest BCUT2D eigenvalue weighted by Crippen LogP contribution is 2.67. The van der Waals surface area contributed by atoms with Crippen molar-refractivity contribution in [2.45, 2.75) is 214 Å². The number of morpholine rings is 1. The monoisotopic (exact) mass is 882 g/mol. The number of allylic oxidation sites excluding steroid dienone is 3. The Kier molecular flexibility index (Phi) is 24.1. The lowest BCUT2D eigenvalue weighted by molar-refractivity contribution is -0.157. The van der Waals surface area contributed by atoms with Gasteiger partial charge >= 0.3 is 5.97 Å². The highest BCUT2D eigenvalue weighted by molar-refractivity contribution is 5.71. The van der Waals surface area contributed by atoms with E-state index in [1.807, 2.05) is 0 Å². The van der Waals surface area contributed by atoms with Crippen LogP contribution in [0.3, 0.4) is 0 Å². The molecular formula is C56H99NO6. The van der Waals surface area contributed by atoms with Crippen LogP contribution < -0.4 is 0 Å². The molecule has 5 rings (SSSR count). The molecule has 0 amide bonds. The van der Waals surface area contributed by atoms with E-state index in [2.05, 4.69) is 64.7 Å². The quantitative estimate of drug-likeness (QED) is 0.0379. The summed E-state index contributed by atoms with van der Waals surface area (Å²) in [6.45, 7) is 21.2. The van der Waals surface area contributed by atoms with Gasteiger partial charge in [-0.3, -0.25) is 4.90 Å². The predicted octanol–water partition coefficient (Wildman–Crippen LogP) is 13.7. The Labute approximate surface area is 388 Å². The number of hydrogen-bond acceptors (Lipinski definition) is 7. The normalized spacial score (nSPS) is 29.6. The van der Waals surface area contributed by atoms with Crippen LogP contribution in [-0.2, 0) is 28.5 Å². The average molecular weight is 882 g/mol. The lowest BCUT2D eigenvalue weighted by Gasteiger charge is -2.58. The minimum absolute atomic E-state index is 0.0151. The molecule has 7 nitrogen and oxygen atoms in total. The van der Waals surface area contributed by atoms with Crippen molar-refractivity contribution in [3.63, 3.8) is 0 Å². The number of nitrogens with zero attached hydrogens (tertiary/aromatic N) is 1. The van der Waals surface area contributed by atoms with Crippen molar-refractivity contribution in [1.82, 2.24) is 4.90 Å². The van der Waals surface area contributed by atoms with Crippen molar-refractivity contribution in [3.8, 4) is 0 Å². The smallest absolute Gasteiger partial charge is 0.332 e. The molecule has 1 aliphatic heterocycles. The molecule has 0 spiro atoms. The SMILES string of the molecule is CCCCCCCC/C=C\CCCCCCCCOCC(CN1CCOCC1)OCCOCC(=O)O[C@H]1CC[C@@]2(C)C(=CC[C@H]3C4CCC([C@H](C)CCCC(C)C)[C@@]4(C)CC[C@H]32)C1. The maximum Gasteiger partial charge on any atom is 0.332 e. The zero-order valence-corrected chi connectivity index (χ0v) is 42.0. The summed E-state index contributed by atoms with van der Waals surface area (Å²) in [6.07, 6.45) is 39.8. The van der Waals surface area contributed by atoms with E-state index >= 15 is 0 Å². The Morgan fingerprint density at radius 2 is 1.51 bits per heavy atom. The number of carbonyl (C=O) groups is 1. The van der Waals surface area contributed by atoms with Gasteiger partial charge in [0.1, 0.15) is 12.7 Å². The second-order valence-corrected chi connectivity index (χ2v) is 22.1. The molecule has 9 atom stereocenters. The van der Waals surface area contributed by atoms with Gasteiger partial charge < -0.3 is 23.7 Å². The van der Waals surface area contributed by atoms with Crippen LogP contribution in [0, 0.1) is 46.3 Å². The van der Waals surface area contributed by atoms with Crippen molar-refractivity contribution < 1.29 is 28.5 Å². The van der Waals surface area contributed by atoms with Crippen molar-refractivity contribution in [2.24, 2.45) is 46.3 Å². The van der Waals surface area contributed by atoms with Crippen LogP contribution in [-0.4, -0.2) is 89.0 Å². The summed E-state index contributed by atoms with van der Waals surface area (Å²) in [6, 6.07) is 0. The summed E-state index contributed by atoms with van der Waals surface area (Å²) < 4.78 is 29.9. The lowest BCUT2D eigenvalue weighted by Crippen LogP contribution is -2.51. The number of rotatable bonds is 32. The second-order valence-electron chi connectivity index (χ2n) is 22.1. The van der Waals surface area contributed by atoms with Gasteiger partial charge in [-0.15, -0.1) is 0 Å². The third-order valence-corrected chi connectivity index (χ3v) is 17.0. The second kappa shape index (κ2) is 28.8. The first-order chi connectivity index (χ1) is 30.6. The summed E-state index contributed by atoms with van der Waals surface area (Å²) in [4.78, 5) is 15.4. The van der Waals surface area contributed by atoms with Gasteiger partial charge in [0.25, 0.3) is 0 Å². The van der Waals surface area contributed by atoms with Crippen LogP contribution in [0.15, 0.2) is 23.8 Å². The van der Waals surface area contributed by atoms with E-state index in [-0.39, 0.29) is 30.2 Å². The highest BCUT2D eigenvalue weighted by Gasteiger charge is 2.59. The molecule has 3 unspecified atom stereocenters. The minimum atomic E-state index is -0.241. The highest BCUT2D eigenvalue weighted by atomic mass is 16.6. The first-order valence-electron chi connectivity index (χ1n) is 27.2. The maximum absolute atomic E-state index is 13.0. The number of carbonyl (C=O) groups excluding carboxylic acids is 1. The number of esters is 1. The van der Waals surface area contributed by atoms with E-state index in [1.165, 1.54) is 135 Å². The average Bonchev–Trinajstić information content (AvgIpc) is 3.63. The molecule has 1 heterocycles.